The van der Waals surface area contributed by atoms with E-state index >= 15 is 0 Å². The van der Waals surface area contributed by atoms with Crippen molar-refractivity contribution in [2.24, 2.45) is 4.99 Å². The van der Waals surface area contributed by atoms with Crippen molar-refractivity contribution in [2.75, 3.05) is 31.7 Å². The number of methoxy groups -OCH3 is 1. The molecule has 0 amide bonds. The molecule has 0 unspecified atom stereocenters. The molecule has 2 aliphatic rings. The Kier molecular flexibility index (Phi) is 4.57. The van der Waals surface area contributed by atoms with E-state index in [2.05, 4.69) is 4.99 Å². The number of hydrogen-bond acceptors (Lipinski definition) is 7. The molecule has 0 aromatic heterocycles. The van der Waals surface area contributed by atoms with Crippen LogP contribution in [0.3, 0.4) is 0 Å². The molecule has 0 N–H and O–H groups in total. The van der Waals surface area contributed by atoms with Crippen molar-refractivity contribution in [3.05, 3.63) is 23.8 Å². The highest BCUT2D eigenvalue weighted by Crippen LogP contribution is 2.31. The summed E-state index contributed by atoms with van der Waals surface area (Å²) in [6, 6.07) is 4.03. The van der Waals surface area contributed by atoms with Crippen LogP contribution in [0.1, 0.15) is 12.5 Å². The molecule has 7 nitrogen and oxygen atoms in total. The molecule has 0 bridgehead atoms. The van der Waals surface area contributed by atoms with Crippen LogP contribution in [0.2, 0.25) is 0 Å². The number of rotatable bonds is 4. The zero-order valence-corrected chi connectivity index (χ0v) is 16.1. The molecule has 1 aromatic rings. The van der Waals surface area contributed by atoms with Gasteiger partial charge in [-0.25, -0.2) is 16.8 Å². The third kappa shape index (κ3) is 3.27. The molecule has 2 atom stereocenters. The highest BCUT2D eigenvalue weighted by atomic mass is 32.2. The molecule has 1 saturated heterocycles. The minimum atomic E-state index is -3.80. The van der Waals surface area contributed by atoms with Gasteiger partial charge in [-0.05, 0) is 37.6 Å². The standard InChI is InChI=1S/C16H22N2O5S2/c1-11-8-13(4-5-15(11)23-3)25(21,22)16-10-24(19,20)9-14(16)18-7-6-17-12(18)2/h4-5,8,14,16H,6-7,9-10H2,1-3H3/t14-,16-/m0/s1. The number of ether oxygens (including phenoxy) is 1. The fraction of sp³-hybridized carbons (Fsp3) is 0.562. The summed E-state index contributed by atoms with van der Waals surface area (Å²) in [5, 5.41) is -0.992. The third-order valence-electron chi connectivity index (χ3n) is 4.86. The summed E-state index contributed by atoms with van der Waals surface area (Å²) in [5.74, 6) is 0.790. The van der Waals surface area contributed by atoms with Gasteiger partial charge in [-0.15, -0.1) is 0 Å². The average Bonchev–Trinajstić information content (AvgIpc) is 3.10. The number of nitrogens with zero attached hydrogens (tertiary/aromatic N) is 2. The molecule has 2 heterocycles. The van der Waals surface area contributed by atoms with Gasteiger partial charge in [0.2, 0.25) is 0 Å². The van der Waals surface area contributed by atoms with Crippen molar-refractivity contribution >= 4 is 25.5 Å². The van der Waals surface area contributed by atoms with Crippen LogP contribution in [0.4, 0.5) is 0 Å². The fourth-order valence-corrected chi connectivity index (χ4v) is 8.42. The van der Waals surface area contributed by atoms with Gasteiger partial charge < -0.3 is 9.64 Å². The second-order valence-electron chi connectivity index (χ2n) is 6.48. The molecule has 25 heavy (non-hydrogen) atoms. The number of amidine groups is 1. The molecule has 3 rings (SSSR count). The lowest BCUT2D eigenvalue weighted by Gasteiger charge is -2.29. The molecule has 0 saturated carbocycles. The normalized spacial score (nSPS) is 25.9. The zero-order valence-electron chi connectivity index (χ0n) is 14.5. The Labute approximate surface area is 148 Å². The molecule has 2 aliphatic heterocycles. The predicted molar refractivity (Wildman–Crippen MR) is 95.8 cm³/mol. The number of hydrogen-bond donors (Lipinski definition) is 0. The van der Waals surface area contributed by atoms with Crippen LogP contribution in [0, 0.1) is 6.92 Å². The largest absolute Gasteiger partial charge is 0.496 e. The molecule has 0 spiro atoms. The van der Waals surface area contributed by atoms with Crippen LogP contribution >= 0.6 is 0 Å². The average molecular weight is 386 g/mol. The van der Waals surface area contributed by atoms with Crippen molar-refractivity contribution in [1.29, 1.82) is 0 Å². The van der Waals surface area contributed by atoms with Crippen molar-refractivity contribution in [1.82, 2.24) is 4.90 Å². The first kappa shape index (κ1) is 18.2. The molecule has 0 aliphatic carbocycles. The molecular formula is C16H22N2O5S2. The fourth-order valence-electron chi connectivity index (χ4n) is 3.56. The molecule has 1 fully saturated rings. The van der Waals surface area contributed by atoms with Gasteiger partial charge in [0.1, 0.15) is 11.0 Å². The van der Waals surface area contributed by atoms with Crippen LogP contribution in [-0.2, 0) is 19.7 Å². The Hall–Kier alpha value is -1.61. The lowest BCUT2D eigenvalue weighted by atomic mass is 10.2. The Morgan fingerprint density at radius 3 is 2.52 bits per heavy atom. The van der Waals surface area contributed by atoms with Crippen molar-refractivity contribution < 1.29 is 21.6 Å². The first-order valence-electron chi connectivity index (χ1n) is 8.02. The molecular weight excluding hydrogens is 364 g/mol. The van der Waals surface area contributed by atoms with E-state index in [0.717, 1.165) is 0 Å². The second-order valence-corrected chi connectivity index (χ2v) is 10.8. The predicted octanol–water partition coefficient (Wildman–Crippen LogP) is 0.677. The van der Waals surface area contributed by atoms with E-state index in [0.29, 0.717) is 30.2 Å². The maximum absolute atomic E-state index is 13.2. The summed E-state index contributed by atoms with van der Waals surface area (Å²) in [4.78, 5) is 6.23. The first-order chi connectivity index (χ1) is 11.7. The van der Waals surface area contributed by atoms with Crippen LogP contribution in [0.5, 0.6) is 5.75 Å². The minimum absolute atomic E-state index is 0.131. The summed E-state index contributed by atoms with van der Waals surface area (Å²) < 4.78 is 55.9. The maximum atomic E-state index is 13.2. The second kappa shape index (κ2) is 6.28. The van der Waals surface area contributed by atoms with Gasteiger partial charge in [0, 0.05) is 6.54 Å². The zero-order chi connectivity index (χ0) is 18.4. The molecule has 138 valence electrons. The topological polar surface area (TPSA) is 93.1 Å². The minimum Gasteiger partial charge on any atom is -0.496 e. The van der Waals surface area contributed by atoms with Gasteiger partial charge in [-0.2, -0.15) is 0 Å². The third-order valence-corrected chi connectivity index (χ3v) is 8.98. The van der Waals surface area contributed by atoms with Gasteiger partial charge in [-0.3, -0.25) is 4.99 Å². The maximum Gasteiger partial charge on any atom is 0.184 e. The summed E-state index contributed by atoms with van der Waals surface area (Å²) in [5.41, 5.74) is 0.694. The summed E-state index contributed by atoms with van der Waals surface area (Å²) >= 11 is 0. The number of aryl methyl sites for hydroxylation is 1. The van der Waals surface area contributed by atoms with E-state index in [1.807, 2.05) is 4.90 Å². The van der Waals surface area contributed by atoms with E-state index < -0.39 is 31.0 Å². The summed E-state index contributed by atoms with van der Waals surface area (Å²) in [6.07, 6.45) is 0. The Bertz CT molecular complexity index is 922. The number of aliphatic imine (C=N–C) groups is 1. The Balaban J connectivity index is 2.02. The van der Waals surface area contributed by atoms with Gasteiger partial charge in [0.25, 0.3) is 0 Å². The molecule has 0 radical (unpaired) electrons. The Morgan fingerprint density at radius 2 is 1.96 bits per heavy atom. The smallest absolute Gasteiger partial charge is 0.184 e. The number of benzene rings is 1. The monoisotopic (exact) mass is 386 g/mol. The van der Waals surface area contributed by atoms with Crippen LogP contribution in [0.25, 0.3) is 0 Å². The Morgan fingerprint density at radius 1 is 1.24 bits per heavy atom. The molecule has 9 heteroatoms. The van der Waals surface area contributed by atoms with Crippen molar-refractivity contribution in [2.45, 2.75) is 30.0 Å². The van der Waals surface area contributed by atoms with Gasteiger partial charge in [0.15, 0.2) is 19.7 Å². The highest BCUT2D eigenvalue weighted by molar-refractivity contribution is 7.96. The van der Waals surface area contributed by atoms with E-state index in [4.69, 9.17) is 4.74 Å². The quantitative estimate of drug-likeness (QED) is 0.755. The first-order valence-corrected chi connectivity index (χ1v) is 11.4. The van der Waals surface area contributed by atoms with Crippen LogP contribution < -0.4 is 4.74 Å². The van der Waals surface area contributed by atoms with E-state index in [-0.39, 0.29) is 16.4 Å². The van der Waals surface area contributed by atoms with Gasteiger partial charge in [-0.1, -0.05) is 0 Å². The van der Waals surface area contributed by atoms with Gasteiger partial charge in [0.05, 0.1) is 41.9 Å². The van der Waals surface area contributed by atoms with Crippen molar-refractivity contribution in [3.8, 4) is 5.75 Å². The van der Waals surface area contributed by atoms with Crippen LogP contribution in [0.15, 0.2) is 28.1 Å². The van der Waals surface area contributed by atoms with Gasteiger partial charge >= 0.3 is 0 Å². The van der Waals surface area contributed by atoms with E-state index in [9.17, 15) is 16.8 Å². The lowest BCUT2D eigenvalue weighted by molar-refractivity contribution is 0.360. The number of sulfone groups is 2. The van der Waals surface area contributed by atoms with Crippen molar-refractivity contribution in [3.63, 3.8) is 0 Å². The summed E-state index contributed by atoms with van der Waals surface area (Å²) in [6.45, 7) is 4.67. The van der Waals surface area contributed by atoms with E-state index in [1.165, 1.54) is 13.2 Å². The summed E-state index contributed by atoms with van der Waals surface area (Å²) in [7, 11) is -5.70. The van der Waals surface area contributed by atoms with Crippen LogP contribution in [-0.4, -0.2) is 70.6 Å². The highest BCUT2D eigenvalue weighted by Gasteiger charge is 2.49. The molecule has 1 aromatic carbocycles. The SMILES string of the molecule is COc1ccc(S(=O)(=O)[C@H]2CS(=O)(=O)C[C@@H]2N2CCN=C2C)cc1C. The lowest BCUT2D eigenvalue weighted by Crippen LogP contribution is -2.47. The van der Waals surface area contributed by atoms with E-state index in [1.54, 1.807) is 26.0 Å².